The Kier molecular flexibility index (Phi) is 7.47. The molecular formula is C25H30FN7O3. The molecule has 1 N–H and O–H groups in total. The number of carbonyl (C=O) groups excluding carboxylic acids is 2. The lowest BCUT2D eigenvalue weighted by molar-refractivity contribution is -0.150. The van der Waals surface area contributed by atoms with Gasteiger partial charge in [0.2, 0.25) is 5.95 Å². The van der Waals surface area contributed by atoms with Gasteiger partial charge in [-0.05, 0) is 44.5 Å². The number of hydrogen-bond donors (Lipinski definition) is 1. The van der Waals surface area contributed by atoms with Gasteiger partial charge in [-0.25, -0.2) is 14.4 Å². The van der Waals surface area contributed by atoms with Crippen molar-refractivity contribution in [2.75, 3.05) is 43.0 Å². The van der Waals surface area contributed by atoms with Crippen LogP contribution in [0.4, 0.5) is 21.7 Å². The van der Waals surface area contributed by atoms with Crippen molar-refractivity contribution >= 4 is 29.2 Å². The number of ether oxygens (including phenoxy) is 1. The van der Waals surface area contributed by atoms with Gasteiger partial charge in [0.05, 0.1) is 17.6 Å². The summed E-state index contributed by atoms with van der Waals surface area (Å²) in [5.41, 5.74) is 3.55. The minimum Gasteiger partial charge on any atom is -0.456 e. The van der Waals surface area contributed by atoms with Gasteiger partial charge in [0.1, 0.15) is 5.82 Å². The summed E-state index contributed by atoms with van der Waals surface area (Å²) in [7, 11) is 0. The highest BCUT2D eigenvalue weighted by atomic mass is 19.1. The minimum atomic E-state index is -0.493. The molecule has 0 aliphatic carbocycles. The zero-order chi connectivity index (χ0) is 25.8. The summed E-state index contributed by atoms with van der Waals surface area (Å²) in [6, 6.07) is 5.13. The lowest BCUT2D eigenvalue weighted by Crippen LogP contribution is -2.50. The maximum atomic E-state index is 15.0. The standard InChI is InChI=1S/C25H30FN7O3/c1-16(2)33-14-19(13-28-33)24-17(3)12-27-25(30-24)29-20-5-6-22(21(26)11-20)31-7-9-32(10-8-31)23(35)15-36-18(4)34/h5-6,11-14,16H,7-10,15H2,1-4H3,(H,27,29,30). The Morgan fingerprint density at radius 3 is 2.56 bits per heavy atom. The van der Waals surface area contributed by atoms with E-state index < -0.39 is 5.97 Å². The van der Waals surface area contributed by atoms with E-state index in [0.717, 1.165) is 16.8 Å². The van der Waals surface area contributed by atoms with Gasteiger partial charge >= 0.3 is 5.97 Å². The SMILES string of the molecule is CC(=O)OCC(=O)N1CCN(c2ccc(Nc3ncc(C)c(-c4cnn(C(C)C)c4)n3)cc2F)CC1. The van der Waals surface area contributed by atoms with Crippen LogP contribution in [0.2, 0.25) is 0 Å². The number of hydrogen-bond acceptors (Lipinski definition) is 8. The van der Waals surface area contributed by atoms with Gasteiger partial charge < -0.3 is 19.9 Å². The number of piperazine rings is 1. The molecule has 1 saturated heterocycles. The van der Waals surface area contributed by atoms with Crippen LogP contribution in [0.25, 0.3) is 11.3 Å². The van der Waals surface area contributed by atoms with Gasteiger partial charge in [0.15, 0.2) is 6.61 Å². The van der Waals surface area contributed by atoms with E-state index in [0.29, 0.717) is 43.5 Å². The summed E-state index contributed by atoms with van der Waals surface area (Å²) in [4.78, 5) is 35.5. The van der Waals surface area contributed by atoms with E-state index in [-0.39, 0.29) is 24.4 Å². The molecule has 36 heavy (non-hydrogen) atoms. The second kappa shape index (κ2) is 10.7. The second-order valence-electron chi connectivity index (χ2n) is 8.97. The lowest BCUT2D eigenvalue weighted by atomic mass is 10.1. The Bertz CT molecular complexity index is 1250. The van der Waals surface area contributed by atoms with E-state index in [4.69, 9.17) is 4.74 Å². The molecule has 1 fully saturated rings. The summed E-state index contributed by atoms with van der Waals surface area (Å²) < 4.78 is 21.7. The van der Waals surface area contributed by atoms with Gasteiger partial charge in [-0.15, -0.1) is 0 Å². The second-order valence-corrected chi connectivity index (χ2v) is 8.97. The first kappa shape index (κ1) is 25.1. The number of anilines is 3. The van der Waals surface area contributed by atoms with E-state index in [1.807, 2.05) is 22.7 Å². The number of amides is 1. The zero-order valence-electron chi connectivity index (χ0n) is 20.9. The summed E-state index contributed by atoms with van der Waals surface area (Å²) in [6.45, 7) is 8.84. The van der Waals surface area contributed by atoms with Gasteiger partial charge in [-0.2, -0.15) is 5.10 Å². The number of carbonyl (C=O) groups is 2. The maximum Gasteiger partial charge on any atom is 0.303 e. The Balaban J connectivity index is 1.41. The first-order valence-corrected chi connectivity index (χ1v) is 11.8. The van der Waals surface area contributed by atoms with Crippen LogP contribution in [-0.2, 0) is 14.3 Å². The molecule has 0 spiro atoms. The van der Waals surface area contributed by atoms with Gasteiger partial charge in [0.25, 0.3) is 5.91 Å². The average molecular weight is 496 g/mol. The predicted octanol–water partition coefficient (Wildman–Crippen LogP) is 3.32. The number of aryl methyl sites for hydroxylation is 1. The van der Waals surface area contributed by atoms with Crippen molar-refractivity contribution in [1.29, 1.82) is 0 Å². The maximum absolute atomic E-state index is 15.0. The van der Waals surface area contributed by atoms with Crippen LogP contribution in [0.3, 0.4) is 0 Å². The van der Waals surface area contributed by atoms with E-state index in [1.54, 1.807) is 29.4 Å². The average Bonchev–Trinajstić information content (AvgIpc) is 3.34. The van der Waals surface area contributed by atoms with Crippen molar-refractivity contribution in [3.05, 3.63) is 48.2 Å². The Morgan fingerprint density at radius 1 is 1.17 bits per heavy atom. The van der Waals surface area contributed by atoms with Crippen LogP contribution in [0.15, 0.2) is 36.8 Å². The smallest absolute Gasteiger partial charge is 0.303 e. The normalized spacial score (nSPS) is 13.7. The van der Waals surface area contributed by atoms with E-state index in [2.05, 4.69) is 34.2 Å². The van der Waals surface area contributed by atoms with Crippen LogP contribution in [-0.4, -0.2) is 69.3 Å². The Labute approximate surface area is 209 Å². The van der Waals surface area contributed by atoms with Crippen LogP contribution < -0.4 is 10.2 Å². The molecule has 0 unspecified atom stereocenters. The van der Waals surface area contributed by atoms with Crippen molar-refractivity contribution < 1.29 is 18.7 Å². The highest BCUT2D eigenvalue weighted by Gasteiger charge is 2.23. The molecule has 0 bridgehead atoms. The molecule has 1 amide bonds. The molecule has 3 heterocycles. The molecule has 1 aliphatic heterocycles. The Morgan fingerprint density at radius 2 is 1.92 bits per heavy atom. The highest BCUT2D eigenvalue weighted by Crippen LogP contribution is 2.27. The molecule has 190 valence electrons. The van der Waals surface area contributed by atoms with Crippen molar-refractivity contribution in [3.63, 3.8) is 0 Å². The third-order valence-electron chi connectivity index (χ3n) is 5.95. The fraction of sp³-hybridized carbons (Fsp3) is 0.400. The lowest BCUT2D eigenvalue weighted by Gasteiger charge is -2.36. The molecule has 11 heteroatoms. The third kappa shape index (κ3) is 5.78. The van der Waals surface area contributed by atoms with Crippen LogP contribution in [0.1, 0.15) is 32.4 Å². The molecule has 2 aromatic heterocycles. The van der Waals surface area contributed by atoms with Gasteiger partial charge in [0, 0.05) is 62.8 Å². The number of rotatable bonds is 7. The fourth-order valence-electron chi connectivity index (χ4n) is 3.96. The summed E-state index contributed by atoms with van der Waals surface area (Å²) in [5.74, 6) is -0.767. The van der Waals surface area contributed by atoms with Crippen LogP contribution >= 0.6 is 0 Å². The molecule has 1 aliphatic rings. The molecule has 4 rings (SSSR count). The van der Waals surface area contributed by atoms with Crippen LogP contribution in [0.5, 0.6) is 0 Å². The largest absolute Gasteiger partial charge is 0.456 e. The van der Waals surface area contributed by atoms with Gasteiger partial charge in [-0.3, -0.25) is 14.3 Å². The predicted molar refractivity (Wildman–Crippen MR) is 133 cm³/mol. The summed E-state index contributed by atoms with van der Waals surface area (Å²) in [6.07, 6.45) is 5.45. The molecule has 10 nitrogen and oxygen atoms in total. The van der Waals surface area contributed by atoms with Crippen molar-refractivity contribution in [1.82, 2.24) is 24.6 Å². The molecule has 3 aromatic rings. The number of halogens is 1. The number of nitrogens with one attached hydrogen (secondary N) is 1. The minimum absolute atomic E-state index is 0.240. The molecule has 0 radical (unpaired) electrons. The first-order chi connectivity index (χ1) is 17.2. The number of nitrogens with zero attached hydrogens (tertiary/aromatic N) is 6. The summed E-state index contributed by atoms with van der Waals surface area (Å²) >= 11 is 0. The van der Waals surface area contributed by atoms with E-state index in [1.165, 1.54) is 13.0 Å². The monoisotopic (exact) mass is 495 g/mol. The van der Waals surface area contributed by atoms with Crippen molar-refractivity contribution in [3.8, 4) is 11.3 Å². The van der Waals surface area contributed by atoms with Crippen molar-refractivity contribution in [2.45, 2.75) is 33.7 Å². The molecule has 0 atom stereocenters. The molecule has 0 saturated carbocycles. The van der Waals surface area contributed by atoms with Gasteiger partial charge in [-0.1, -0.05) is 0 Å². The topological polar surface area (TPSA) is 105 Å². The highest BCUT2D eigenvalue weighted by molar-refractivity contribution is 5.80. The number of benzene rings is 1. The molecular weight excluding hydrogens is 465 g/mol. The van der Waals surface area contributed by atoms with Crippen LogP contribution in [0, 0.1) is 12.7 Å². The molecule has 1 aromatic carbocycles. The number of aromatic nitrogens is 4. The van der Waals surface area contributed by atoms with E-state index in [9.17, 15) is 9.59 Å². The third-order valence-corrected chi connectivity index (χ3v) is 5.95. The zero-order valence-corrected chi connectivity index (χ0v) is 20.9. The van der Waals surface area contributed by atoms with Crippen molar-refractivity contribution in [2.24, 2.45) is 0 Å². The quantitative estimate of drug-likeness (QED) is 0.498. The van der Waals surface area contributed by atoms with E-state index >= 15 is 4.39 Å². The first-order valence-electron chi connectivity index (χ1n) is 11.8. The number of esters is 1. The summed E-state index contributed by atoms with van der Waals surface area (Å²) in [5, 5.41) is 7.47. The fourth-order valence-corrected chi connectivity index (χ4v) is 3.96. The Hall–Kier alpha value is -4.02.